The molecule has 0 unspecified atom stereocenters. The number of carbonyl (C=O) groups is 1. The fourth-order valence-electron chi connectivity index (χ4n) is 2.16. The van der Waals surface area contributed by atoms with Crippen LogP contribution in [0.5, 0.6) is 0 Å². The minimum atomic E-state index is -1.04. The molecular weight excluding hydrogens is 404 g/mol. The molecule has 0 saturated carbocycles. The predicted molar refractivity (Wildman–Crippen MR) is 86.3 cm³/mol. The second-order valence-electron chi connectivity index (χ2n) is 4.37. The first-order valence-corrected chi connectivity index (χ1v) is 7.50. The lowest BCUT2D eigenvalue weighted by Gasteiger charge is -2.09. The number of imidazole rings is 1. The van der Waals surface area contributed by atoms with Gasteiger partial charge in [0, 0.05) is 8.95 Å². The average Bonchev–Trinajstić information content (AvgIpc) is 2.74. The van der Waals surface area contributed by atoms with Crippen LogP contribution in [0.25, 0.3) is 16.7 Å². The molecule has 106 valence electrons. The maximum Gasteiger partial charge on any atom is 0.335 e. The van der Waals surface area contributed by atoms with Gasteiger partial charge in [0.1, 0.15) is 0 Å². The van der Waals surface area contributed by atoms with Gasteiger partial charge in [-0.2, -0.15) is 0 Å². The molecule has 0 atom stereocenters. The summed E-state index contributed by atoms with van der Waals surface area (Å²) in [5, 5.41) is 9.11. The average molecular weight is 412 g/mol. The summed E-state index contributed by atoms with van der Waals surface area (Å²) in [7, 11) is 0. The van der Waals surface area contributed by atoms with E-state index < -0.39 is 5.97 Å². The van der Waals surface area contributed by atoms with E-state index in [9.17, 15) is 9.59 Å². The van der Waals surface area contributed by atoms with Crippen LogP contribution in [0.3, 0.4) is 0 Å². The molecule has 21 heavy (non-hydrogen) atoms. The molecule has 0 aliphatic rings. The Labute approximate surface area is 135 Å². The van der Waals surface area contributed by atoms with E-state index >= 15 is 0 Å². The molecule has 0 radical (unpaired) electrons. The van der Waals surface area contributed by atoms with Crippen LogP contribution in [0.15, 0.2) is 50.1 Å². The summed E-state index contributed by atoms with van der Waals surface area (Å²) in [4.78, 5) is 26.1. The molecule has 3 aromatic rings. The van der Waals surface area contributed by atoms with Gasteiger partial charge < -0.3 is 10.1 Å². The molecule has 0 bridgehead atoms. The van der Waals surface area contributed by atoms with E-state index in [1.165, 1.54) is 16.7 Å². The Morgan fingerprint density at radius 2 is 1.81 bits per heavy atom. The number of nitrogens with zero attached hydrogens (tertiary/aromatic N) is 1. The minimum Gasteiger partial charge on any atom is -0.478 e. The van der Waals surface area contributed by atoms with Gasteiger partial charge >= 0.3 is 11.7 Å². The van der Waals surface area contributed by atoms with Crippen molar-refractivity contribution in [2.24, 2.45) is 0 Å². The zero-order valence-electron chi connectivity index (χ0n) is 10.4. The number of nitrogens with one attached hydrogen (secondary N) is 1. The number of benzene rings is 2. The highest BCUT2D eigenvalue weighted by Gasteiger charge is 2.15. The molecule has 0 aliphatic carbocycles. The second-order valence-corrected chi connectivity index (χ2v) is 6.08. The Kier molecular flexibility index (Phi) is 3.46. The third kappa shape index (κ3) is 2.32. The zero-order chi connectivity index (χ0) is 15.1. The number of para-hydroxylation sites is 1. The number of carboxylic acids is 1. The number of aromatic amines is 1. The Morgan fingerprint density at radius 1 is 1.14 bits per heavy atom. The van der Waals surface area contributed by atoms with Crippen molar-refractivity contribution in [3.05, 3.63) is 61.4 Å². The van der Waals surface area contributed by atoms with Gasteiger partial charge in [0.15, 0.2) is 0 Å². The number of aromatic nitrogens is 2. The smallest absolute Gasteiger partial charge is 0.335 e. The Balaban J connectivity index is 2.42. The van der Waals surface area contributed by atoms with Crippen molar-refractivity contribution >= 4 is 48.9 Å². The van der Waals surface area contributed by atoms with Crippen molar-refractivity contribution in [2.75, 3.05) is 0 Å². The van der Waals surface area contributed by atoms with Gasteiger partial charge in [-0.05, 0) is 62.2 Å². The van der Waals surface area contributed by atoms with Gasteiger partial charge in [-0.1, -0.05) is 6.07 Å². The lowest BCUT2D eigenvalue weighted by molar-refractivity contribution is 0.0697. The van der Waals surface area contributed by atoms with Crippen LogP contribution < -0.4 is 5.69 Å². The normalized spacial score (nSPS) is 11.0. The molecule has 0 aliphatic heterocycles. The van der Waals surface area contributed by atoms with Gasteiger partial charge in [0.2, 0.25) is 0 Å². The predicted octanol–water partition coefficient (Wildman–Crippen LogP) is 3.54. The van der Waals surface area contributed by atoms with Crippen LogP contribution in [0.4, 0.5) is 0 Å². The van der Waals surface area contributed by atoms with E-state index in [4.69, 9.17) is 5.11 Å². The minimum absolute atomic E-state index is 0.124. The molecule has 3 rings (SSSR count). The van der Waals surface area contributed by atoms with E-state index in [0.29, 0.717) is 16.7 Å². The molecule has 7 heteroatoms. The SMILES string of the molecule is O=C(O)c1ccc2[nH]c(=O)n(-c3c(Br)cccc3Br)c2c1. The number of hydrogen-bond acceptors (Lipinski definition) is 2. The maximum absolute atomic E-state index is 12.2. The number of hydrogen-bond donors (Lipinski definition) is 2. The standard InChI is InChI=1S/C14H8Br2N2O3/c15-8-2-1-3-9(16)12(8)18-11-6-7(13(19)20)4-5-10(11)17-14(18)21/h1-6H,(H,17,21)(H,19,20). The van der Waals surface area contributed by atoms with Crippen molar-refractivity contribution in [3.8, 4) is 5.69 Å². The summed E-state index contributed by atoms with van der Waals surface area (Å²) in [5.41, 5.74) is 1.50. The van der Waals surface area contributed by atoms with Gasteiger partial charge in [0.25, 0.3) is 0 Å². The number of fused-ring (bicyclic) bond motifs is 1. The molecule has 0 amide bonds. The van der Waals surface area contributed by atoms with Crippen molar-refractivity contribution in [1.82, 2.24) is 9.55 Å². The summed E-state index contributed by atoms with van der Waals surface area (Å²) in [6.45, 7) is 0. The van der Waals surface area contributed by atoms with Crippen LogP contribution in [0.1, 0.15) is 10.4 Å². The summed E-state index contributed by atoms with van der Waals surface area (Å²) in [5.74, 6) is -1.04. The molecule has 2 aromatic carbocycles. The Bertz CT molecular complexity index is 907. The molecule has 0 saturated heterocycles. The second kappa shape index (κ2) is 5.16. The topological polar surface area (TPSA) is 75.1 Å². The van der Waals surface area contributed by atoms with Crippen LogP contribution in [0, 0.1) is 0 Å². The summed E-state index contributed by atoms with van der Waals surface area (Å²) in [6, 6.07) is 9.97. The van der Waals surface area contributed by atoms with E-state index in [1.54, 1.807) is 6.07 Å². The van der Waals surface area contributed by atoms with Crippen LogP contribution in [-0.2, 0) is 0 Å². The van der Waals surface area contributed by atoms with Crippen LogP contribution >= 0.6 is 31.9 Å². The molecule has 2 N–H and O–H groups in total. The van der Waals surface area contributed by atoms with E-state index in [1.807, 2.05) is 18.2 Å². The highest BCUT2D eigenvalue weighted by molar-refractivity contribution is 9.11. The molecule has 0 spiro atoms. The summed E-state index contributed by atoms with van der Waals surface area (Å²) in [6.07, 6.45) is 0. The lowest BCUT2D eigenvalue weighted by Crippen LogP contribution is -2.15. The van der Waals surface area contributed by atoms with E-state index in [-0.39, 0.29) is 11.3 Å². The number of carboxylic acid groups (broad SMARTS) is 1. The first-order chi connectivity index (χ1) is 9.99. The highest BCUT2D eigenvalue weighted by Crippen LogP contribution is 2.30. The molecule has 0 fully saturated rings. The fourth-order valence-corrected chi connectivity index (χ4v) is 3.51. The van der Waals surface area contributed by atoms with Gasteiger partial charge in [-0.15, -0.1) is 0 Å². The quantitative estimate of drug-likeness (QED) is 0.677. The van der Waals surface area contributed by atoms with E-state index in [0.717, 1.165) is 8.95 Å². The van der Waals surface area contributed by atoms with Crippen molar-refractivity contribution in [3.63, 3.8) is 0 Å². The summed E-state index contributed by atoms with van der Waals surface area (Å²) >= 11 is 6.83. The fraction of sp³-hybridized carbons (Fsp3) is 0. The largest absolute Gasteiger partial charge is 0.478 e. The highest BCUT2D eigenvalue weighted by atomic mass is 79.9. The number of H-pyrrole nitrogens is 1. The first-order valence-electron chi connectivity index (χ1n) is 5.91. The molecule has 1 heterocycles. The Hall–Kier alpha value is -1.86. The third-order valence-electron chi connectivity index (χ3n) is 3.09. The van der Waals surface area contributed by atoms with Gasteiger partial charge in [-0.3, -0.25) is 4.57 Å². The number of aromatic carboxylic acids is 1. The summed E-state index contributed by atoms with van der Waals surface area (Å²) < 4.78 is 2.89. The Morgan fingerprint density at radius 3 is 2.43 bits per heavy atom. The van der Waals surface area contributed by atoms with E-state index in [2.05, 4.69) is 36.8 Å². The zero-order valence-corrected chi connectivity index (χ0v) is 13.6. The molecule has 1 aromatic heterocycles. The van der Waals surface area contributed by atoms with Crippen molar-refractivity contribution in [2.45, 2.75) is 0 Å². The first kappa shape index (κ1) is 14.1. The maximum atomic E-state index is 12.2. The third-order valence-corrected chi connectivity index (χ3v) is 4.37. The number of rotatable bonds is 2. The van der Waals surface area contributed by atoms with Crippen LogP contribution in [-0.4, -0.2) is 20.6 Å². The number of halogens is 2. The van der Waals surface area contributed by atoms with Gasteiger partial charge in [-0.25, -0.2) is 9.59 Å². The van der Waals surface area contributed by atoms with Crippen molar-refractivity contribution < 1.29 is 9.90 Å². The lowest BCUT2D eigenvalue weighted by atomic mass is 10.2. The molecule has 5 nitrogen and oxygen atoms in total. The monoisotopic (exact) mass is 410 g/mol. The van der Waals surface area contributed by atoms with Gasteiger partial charge in [0.05, 0.1) is 22.3 Å². The molecular formula is C14H8Br2N2O3. The van der Waals surface area contributed by atoms with Crippen molar-refractivity contribution in [1.29, 1.82) is 0 Å². The van der Waals surface area contributed by atoms with Crippen LogP contribution in [0.2, 0.25) is 0 Å².